The fraction of sp³-hybridized carbons (Fsp3) is 0.429. The zero-order chi connectivity index (χ0) is 7.90. The minimum atomic E-state index is -0.365. The number of rotatable bonds is 0. The average molecular weight is 148 g/mol. The van der Waals surface area contributed by atoms with Crippen molar-refractivity contribution in [3.63, 3.8) is 0 Å². The Kier molecular flexibility index (Phi) is 1.07. The zero-order valence-corrected chi connectivity index (χ0v) is 6.44. The van der Waals surface area contributed by atoms with Crippen LogP contribution in [0, 0.1) is 0 Å². The molecule has 0 aromatic carbocycles. The molecule has 4 heteroatoms. The van der Waals surface area contributed by atoms with E-state index in [9.17, 15) is 0 Å². The largest absolute Gasteiger partial charge is 0.262 e. The fourth-order valence-corrected chi connectivity index (χ4v) is 0.954. The van der Waals surface area contributed by atoms with Crippen LogP contribution in [0.15, 0.2) is 20.0 Å². The Morgan fingerprint density at radius 2 is 2.18 bits per heavy atom. The van der Waals surface area contributed by atoms with Gasteiger partial charge in [-0.2, -0.15) is 0 Å². The van der Waals surface area contributed by atoms with Gasteiger partial charge in [-0.05, 0) is 13.8 Å². The Balaban J connectivity index is 2.45. The van der Waals surface area contributed by atoms with Crippen molar-refractivity contribution in [3.05, 3.63) is 0 Å². The van der Waals surface area contributed by atoms with Crippen LogP contribution in [-0.2, 0) is 0 Å². The molecule has 4 nitrogen and oxygen atoms in total. The van der Waals surface area contributed by atoms with Gasteiger partial charge in [0, 0.05) is 0 Å². The third-order valence-corrected chi connectivity index (χ3v) is 1.49. The van der Waals surface area contributed by atoms with E-state index in [2.05, 4.69) is 20.0 Å². The molecule has 0 N–H and O–H groups in total. The molecular weight excluding hydrogens is 140 g/mol. The quantitative estimate of drug-likeness (QED) is 0.485. The van der Waals surface area contributed by atoms with Crippen LogP contribution in [0.5, 0.6) is 0 Å². The van der Waals surface area contributed by atoms with Crippen molar-refractivity contribution < 1.29 is 0 Å². The average Bonchev–Trinajstić information content (AvgIpc) is 2.31. The van der Waals surface area contributed by atoms with E-state index in [1.54, 1.807) is 6.21 Å². The summed E-state index contributed by atoms with van der Waals surface area (Å²) in [6.07, 6.45) is 3.22. The molecular formula is C7H8N4. The van der Waals surface area contributed by atoms with Crippen LogP contribution in [0.1, 0.15) is 13.8 Å². The van der Waals surface area contributed by atoms with E-state index in [1.165, 1.54) is 6.34 Å². The number of hydrogen-bond donors (Lipinski definition) is 0. The molecule has 0 spiro atoms. The molecule has 2 aliphatic heterocycles. The van der Waals surface area contributed by atoms with E-state index in [-0.39, 0.29) is 5.66 Å². The predicted molar refractivity (Wildman–Crippen MR) is 45.9 cm³/mol. The first kappa shape index (κ1) is 6.39. The second kappa shape index (κ2) is 1.84. The predicted octanol–water partition coefficient (Wildman–Crippen LogP) is 0.688. The molecule has 0 aromatic rings. The Morgan fingerprint density at radius 1 is 1.36 bits per heavy atom. The van der Waals surface area contributed by atoms with Gasteiger partial charge in [0.05, 0.1) is 6.21 Å². The lowest BCUT2D eigenvalue weighted by atomic mass is 10.2. The van der Waals surface area contributed by atoms with Crippen LogP contribution in [0.4, 0.5) is 0 Å². The van der Waals surface area contributed by atoms with E-state index in [0.29, 0.717) is 5.84 Å². The zero-order valence-electron chi connectivity index (χ0n) is 6.44. The number of aliphatic imine (C=N–C) groups is 4. The standard InChI is InChI=1S/C7H8N4/c1-7(2)10-3-5-6(11-7)9-4-8-5/h3-4H,1-2H3. The molecule has 2 rings (SSSR count). The molecule has 2 heterocycles. The molecule has 0 aromatic heterocycles. The highest BCUT2D eigenvalue weighted by Crippen LogP contribution is 2.15. The van der Waals surface area contributed by atoms with Crippen LogP contribution >= 0.6 is 0 Å². The Labute approximate surface area is 64.5 Å². The van der Waals surface area contributed by atoms with Crippen LogP contribution in [0.25, 0.3) is 0 Å². The van der Waals surface area contributed by atoms with E-state index in [4.69, 9.17) is 0 Å². The summed E-state index contributed by atoms with van der Waals surface area (Å²) in [4.78, 5) is 16.4. The maximum atomic E-state index is 4.27. The van der Waals surface area contributed by atoms with Crippen molar-refractivity contribution in [2.75, 3.05) is 0 Å². The van der Waals surface area contributed by atoms with Crippen molar-refractivity contribution in [3.8, 4) is 0 Å². The molecule has 0 unspecified atom stereocenters. The third kappa shape index (κ3) is 1.00. The van der Waals surface area contributed by atoms with Gasteiger partial charge in [-0.15, -0.1) is 0 Å². The monoisotopic (exact) mass is 148 g/mol. The molecule has 0 saturated carbocycles. The summed E-state index contributed by atoms with van der Waals surface area (Å²) in [6.45, 7) is 3.86. The molecule has 56 valence electrons. The molecule has 0 fully saturated rings. The first-order valence-electron chi connectivity index (χ1n) is 3.43. The molecule has 0 amide bonds. The highest BCUT2D eigenvalue weighted by atomic mass is 15.2. The van der Waals surface area contributed by atoms with Gasteiger partial charge in [0.15, 0.2) is 5.84 Å². The summed E-state index contributed by atoms with van der Waals surface area (Å²) in [7, 11) is 0. The van der Waals surface area contributed by atoms with Gasteiger partial charge in [0.1, 0.15) is 17.7 Å². The topological polar surface area (TPSA) is 49.4 Å². The summed E-state index contributed by atoms with van der Waals surface area (Å²) in [6, 6.07) is 0. The van der Waals surface area contributed by atoms with Crippen LogP contribution in [-0.4, -0.2) is 29.8 Å². The van der Waals surface area contributed by atoms with Crippen LogP contribution < -0.4 is 0 Å². The summed E-state index contributed by atoms with van der Waals surface area (Å²) in [5.41, 5.74) is 0.403. The van der Waals surface area contributed by atoms with E-state index >= 15 is 0 Å². The molecule has 2 aliphatic rings. The number of hydrogen-bond acceptors (Lipinski definition) is 4. The van der Waals surface area contributed by atoms with Gasteiger partial charge in [-0.1, -0.05) is 0 Å². The van der Waals surface area contributed by atoms with Gasteiger partial charge in [-0.25, -0.2) is 15.0 Å². The molecule has 0 bridgehead atoms. The summed E-state index contributed by atoms with van der Waals surface area (Å²) in [5.74, 6) is 0.699. The lowest BCUT2D eigenvalue weighted by Crippen LogP contribution is -2.26. The molecule has 0 radical (unpaired) electrons. The molecule has 0 saturated heterocycles. The Morgan fingerprint density at radius 3 is 3.00 bits per heavy atom. The summed E-state index contributed by atoms with van der Waals surface area (Å²) < 4.78 is 0. The van der Waals surface area contributed by atoms with E-state index in [0.717, 1.165) is 5.71 Å². The highest BCUT2D eigenvalue weighted by Gasteiger charge is 2.23. The molecule has 11 heavy (non-hydrogen) atoms. The Bertz CT molecular complexity index is 306. The number of amidine groups is 1. The number of fused-ring (bicyclic) bond motifs is 1. The Hall–Kier alpha value is -1.32. The van der Waals surface area contributed by atoms with Crippen molar-refractivity contribution in [2.45, 2.75) is 19.5 Å². The SMILES string of the molecule is CC1(C)N=CC2=NC=NC2=N1. The van der Waals surface area contributed by atoms with E-state index in [1.807, 2.05) is 13.8 Å². The van der Waals surface area contributed by atoms with Gasteiger partial charge in [-0.3, -0.25) is 4.99 Å². The lowest BCUT2D eigenvalue weighted by molar-refractivity contribution is 0.556. The van der Waals surface area contributed by atoms with Crippen LogP contribution in [0.2, 0.25) is 0 Å². The van der Waals surface area contributed by atoms with Crippen molar-refractivity contribution in [1.29, 1.82) is 0 Å². The summed E-state index contributed by atoms with van der Waals surface area (Å²) in [5, 5.41) is 0. The third-order valence-electron chi connectivity index (χ3n) is 1.49. The minimum Gasteiger partial charge on any atom is -0.262 e. The lowest BCUT2D eigenvalue weighted by Gasteiger charge is -2.17. The second-order valence-corrected chi connectivity index (χ2v) is 2.95. The molecule has 0 atom stereocenters. The first-order valence-corrected chi connectivity index (χ1v) is 3.43. The van der Waals surface area contributed by atoms with Crippen molar-refractivity contribution >= 4 is 24.1 Å². The number of nitrogens with zero attached hydrogens (tertiary/aromatic N) is 4. The van der Waals surface area contributed by atoms with Gasteiger partial charge < -0.3 is 0 Å². The smallest absolute Gasteiger partial charge is 0.179 e. The van der Waals surface area contributed by atoms with Gasteiger partial charge >= 0.3 is 0 Å². The van der Waals surface area contributed by atoms with Gasteiger partial charge in [0.25, 0.3) is 0 Å². The summed E-state index contributed by atoms with van der Waals surface area (Å²) >= 11 is 0. The van der Waals surface area contributed by atoms with Crippen LogP contribution in [0.3, 0.4) is 0 Å². The highest BCUT2D eigenvalue weighted by molar-refractivity contribution is 6.65. The maximum absolute atomic E-state index is 4.27. The molecule has 0 aliphatic carbocycles. The van der Waals surface area contributed by atoms with Gasteiger partial charge in [0.2, 0.25) is 0 Å². The fourth-order valence-electron chi connectivity index (χ4n) is 0.954. The second-order valence-electron chi connectivity index (χ2n) is 2.95. The van der Waals surface area contributed by atoms with Crippen molar-refractivity contribution in [1.82, 2.24) is 0 Å². The maximum Gasteiger partial charge on any atom is 0.179 e. The first-order chi connectivity index (χ1) is 5.17. The van der Waals surface area contributed by atoms with E-state index < -0.39 is 0 Å². The minimum absolute atomic E-state index is 0.365. The normalized spacial score (nSPS) is 24.5. The van der Waals surface area contributed by atoms with Crippen molar-refractivity contribution in [2.24, 2.45) is 20.0 Å².